The molecule has 2 aromatic heterocycles. The highest BCUT2D eigenvalue weighted by Gasteiger charge is 2.23. The van der Waals surface area contributed by atoms with E-state index < -0.39 is 20.9 Å². The highest BCUT2D eigenvalue weighted by Crippen LogP contribution is 2.21. The summed E-state index contributed by atoms with van der Waals surface area (Å²) in [6.07, 6.45) is 2.76. The van der Waals surface area contributed by atoms with Crippen LogP contribution in [0.1, 0.15) is 34.4 Å². The summed E-state index contributed by atoms with van der Waals surface area (Å²) in [7, 11) is -3.85. The highest BCUT2D eigenvalue weighted by atomic mass is 35.5. The standard InChI is InChI=1S/C17H16ClN5O3S2/c1-2-6-13-22-23-16(27-13)21-15(24)14-12(18)9-19-17(20-14)28(25,26)10-11-7-4-3-5-8-11/h3-5,7-9H,2,6,10H2,1H3,(H,21,23,24). The first kappa shape index (κ1) is 20.3. The zero-order chi connectivity index (χ0) is 20.1. The van der Waals surface area contributed by atoms with Crippen LogP contribution in [0.15, 0.2) is 41.7 Å². The van der Waals surface area contributed by atoms with Crippen molar-refractivity contribution in [1.29, 1.82) is 0 Å². The first-order valence-electron chi connectivity index (χ1n) is 8.32. The maximum atomic E-state index is 12.6. The van der Waals surface area contributed by atoms with Crippen molar-refractivity contribution in [3.63, 3.8) is 0 Å². The van der Waals surface area contributed by atoms with Crippen molar-refractivity contribution in [1.82, 2.24) is 20.2 Å². The summed E-state index contributed by atoms with van der Waals surface area (Å²) in [6, 6.07) is 8.63. The van der Waals surface area contributed by atoms with Gasteiger partial charge in [0.1, 0.15) is 5.01 Å². The monoisotopic (exact) mass is 437 g/mol. The molecule has 2 heterocycles. The lowest BCUT2D eigenvalue weighted by Crippen LogP contribution is -2.18. The number of rotatable bonds is 7. The van der Waals surface area contributed by atoms with E-state index in [1.807, 2.05) is 6.92 Å². The van der Waals surface area contributed by atoms with Crippen LogP contribution in [0, 0.1) is 0 Å². The van der Waals surface area contributed by atoms with Crippen LogP contribution in [0.2, 0.25) is 5.02 Å². The van der Waals surface area contributed by atoms with Crippen molar-refractivity contribution in [2.45, 2.75) is 30.7 Å². The minimum absolute atomic E-state index is 0.0607. The Morgan fingerprint density at radius 1 is 1.21 bits per heavy atom. The van der Waals surface area contributed by atoms with Gasteiger partial charge < -0.3 is 0 Å². The lowest BCUT2D eigenvalue weighted by atomic mass is 10.2. The van der Waals surface area contributed by atoms with Gasteiger partial charge in [-0.05, 0) is 12.0 Å². The number of aryl methyl sites for hydroxylation is 1. The second-order valence-electron chi connectivity index (χ2n) is 5.80. The van der Waals surface area contributed by atoms with Crippen molar-refractivity contribution < 1.29 is 13.2 Å². The molecule has 0 aliphatic carbocycles. The lowest BCUT2D eigenvalue weighted by Gasteiger charge is -2.07. The predicted octanol–water partition coefficient (Wildman–Crippen LogP) is 3.16. The Balaban J connectivity index is 1.83. The number of hydrogen-bond acceptors (Lipinski definition) is 8. The van der Waals surface area contributed by atoms with Crippen LogP contribution in [-0.4, -0.2) is 34.5 Å². The third kappa shape index (κ3) is 4.89. The second-order valence-corrected chi connectivity index (χ2v) is 9.15. The number of carbonyl (C=O) groups excluding carboxylic acids is 1. The fraction of sp³-hybridized carbons (Fsp3) is 0.235. The summed E-state index contributed by atoms with van der Waals surface area (Å²) in [6.45, 7) is 2.01. The Hall–Kier alpha value is -2.43. The number of carbonyl (C=O) groups is 1. The molecule has 3 aromatic rings. The van der Waals surface area contributed by atoms with Gasteiger partial charge in [-0.3, -0.25) is 10.1 Å². The molecule has 0 aliphatic heterocycles. The van der Waals surface area contributed by atoms with Gasteiger partial charge in [-0.1, -0.05) is 60.2 Å². The number of benzene rings is 1. The van der Waals surface area contributed by atoms with E-state index in [0.717, 1.165) is 24.0 Å². The van der Waals surface area contributed by atoms with Crippen molar-refractivity contribution >= 4 is 43.8 Å². The number of anilines is 1. The van der Waals surface area contributed by atoms with Crippen LogP contribution < -0.4 is 5.32 Å². The van der Waals surface area contributed by atoms with E-state index in [9.17, 15) is 13.2 Å². The first-order chi connectivity index (χ1) is 13.4. The fourth-order valence-corrected chi connectivity index (χ4v) is 4.51. The van der Waals surface area contributed by atoms with Crippen LogP contribution in [0.3, 0.4) is 0 Å². The van der Waals surface area contributed by atoms with Crippen LogP contribution in [0.5, 0.6) is 0 Å². The maximum absolute atomic E-state index is 12.6. The molecule has 0 bridgehead atoms. The van der Waals surface area contributed by atoms with E-state index in [0.29, 0.717) is 5.56 Å². The maximum Gasteiger partial charge on any atom is 0.277 e. The Morgan fingerprint density at radius 3 is 2.68 bits per heavy atom. The topological polar surface area (TPSA) is 115 Å². The van der Waals surface area contributed by atoms with E-state index in [1.165, 1.54) is 11.3 Å². The second kappa shape index (κ2) is 8.72. The van der Waals surface area contributed by atoms with Crippen LogP contribution in [0.4, 0.5) is 5.13 Å². The normalized spacial score (nSPS) is 11.4. The molecule has 28 heavy (non-hydrogen) atoms. The molecule has 0 aliphatic rings. The van der Waals surface area contributed by atoms with Gasteiger partial charge in [0.25, 0.3) is 5.91 Å². The van der Waals surface area contributed by atoms with Gasteiger partial charge in [0.2, 0.25) is 20.1 Å². The van der Waals surface area contributed by atoms with Crippen molar-refractivity contribution in [2.24, 2.45) is 0 Å². The Bertz CT molecular complexity index is 1090. The number of sulfone groups is 1. The molecule has 11 heteroatoms. The molecule has 1 N–H and O–H groups in total. The van der Waals surface area contributed by atoms with Crippen LogP contribution >= 0.6 is 22.9 Å². The molecule has 8 nitrogen and oxygen atoms in total. The number of nitrogens with zero attached hydrogens (tertiary/aromatic N) is 4. The van der Waals surface area contributed by atoms with Crippen molar-refractivity contribution in [3.05, 3.63) is 57.8 Å². The molecule has 0 atom stereocenters. The highest BCUT2D eigenvalue weighted by molar-refractivity contribution is 7.90. The Kier molecular flexibility index (Phi) is 6.32. The molecule has 0 fully saturated rings. The molecule has 0 saturated carbocycles. The molecule has 0 radical (unpaired) electrons. The minimum atomic E-state index is -3.85. The van der Waals surface area contributed by atoms with Gasteiger partial charge in [-0.15, -0.1) is 10.2 Å². The molecule has 0 saturated heterocycles. The molecule has 0 unspecified atom stereocenters. The summed E-state index contributed by atoms with van der Waals surface area (Å²) in [4.78, 5) is 20.2. The van der Waals surface area contributed by atoms with Gasteiger partial charge in [-0.2, -0.15) is 0 Å². The van der Waals surface area contributed by atoms with Crippen LogP contribution in [-0.2, 0) is 22.0 Å². The largest absolute Gasteiger partial charge is 0.295 e. The quantitative estimate of drug-likeness (QED) is 0.564. The summed E-state index contributed by atoms with van der Waals surface area (Å²) >= 11 is 7.25. The van der Waals surface area contributed by atoms with E-state index >= 15 is 0 Å². The molecule has 3 rings (SSSR count). The Labute approximate surface area is 170 Å². The third-order valence-electron chi connectivity index (χ3n) is 3.57. The average molecular weight is 438 g/mol. The number of nitrogens with one attached hydrogen (secondary N) is 1. The molecular weight excluding hydrogens is 422 g/mol. The summed E-state index contributed by atoms with van der Waals surface area (Å²) in [5.41, 5.74) is 0.347. The number of halogens is 1. The summed E-state index contributed by atoms with van der Waals surface area (Å²) in [5, 5.41) is 11.0. The van der Waals surface area contributed by atoms with E-state index in [1.54, 1.807) is 30.3 Å². The Morgan fingerprint density at radius 2 is 1.96 bits per heavy atom. The van der Waals surface area contributed by atoms with Gasteiger partial charge >= 0.3 is 0 Å². The zero-order valence-electron chi connectivity index (χ0n) is 14.8. The smallest absolute Gasteiger partial charge is 0.277 e. The molecule has 1 amide bonds. The van der Waals surface area contributed by atoms with E-state index in [-0.39, 0.29) is 21.6 Å². The number of amides is 1. The molecule has 0 spiro atoms. The fourth-order valence-electron chi connectivity index (χ4n) is 2.29. The van der Waals surface area contributed by atoms with E-state index in [2.05, 4.69) is 25.5 Å². The van der Waals surface area contributed by atoms with E-state index in [4.69, 9.17) is 11.6 Å². The first-order valence-corrected chi connectivity index (χ1v) is 11.2. The average Bonchev–Trinajstić information content (AvgIpc) is 3.09. The number of aromatic nitrogens is 4. The number of hydrogen-bond donors (Lipinski definition) is 1. The van der Waals surface area contributed by atoms with Crippen molar-refractivity contribution in [3.8, 4) is 0 Å². The molecule has 1 aromatic carbocycles. The molecule has 146 valence electrons. The van der Waals surface area contributed by atoms with Gasteiger partial charge in [0, 0.05) is 6.42 Å². The predicted molar refractivity (Wildman–Crippen MR) is 106 cm³/mol. The van der Waals surface area contributed by atoms with Gasteiger partial charge in [-0.25, -0.2) is 18.4 Å². The van der Waals surface area contributed by atoms with Crippen molar-refractivity contribution in [2.75, 3.05) is 5.32 Å². The minimum Gasteiger partial charge on any atom is -0.295 e. The van der Waals surface area contributed by atoms with Crippen LogP contribution in [0.25, 0.3) is 0 Å². The third-order valence-corrected chi connectivity index (χ3v) is 6.21. The SMILES string of the molecule is CCCc1nnc(NC(=O)c2nc(S(=O)(=O)Cc3ccccc3)ncc2Cl)s1. The summed E-state index contributed by atoms with van der Waals surface area (Å²) in [5.74, 6) is -0.962. The van der Waals surface area contributed by atoms with Gasteiger partial charge in [0.15, 0.2) is 5.69 Å². The zero-order valence-corrected chi connectivity index (χ0v) is 17.2. The molecular formula is C17H16ClN5O3S2. The summed E-state index contributed by atoms with van der Waals surface area (Å²) < 4.78 is 25.2. The lowest BCUT2D eigenvalue weighted by molar-refractivity contribution is 0.102. The van der Waals surface area contributed by atoms with Gasteiger partial charge in [0.05, 0.1) is 17.0 Å².